The van der Waals surface area contributed by atoms with Crippen molar-refractivity contribution in [3.8, 4) is 11.4 Å². The molecule has 0 saturated carbocycles. The van der Waals surface area contributed by atoms with Crippen LogP contribution in [0.1, 0.15) is 21.6 Å². The van der Waals surface area contributed by atoms with Gasteiger partial charge >= 0.3 is 11.7 Å². The Bertz CT molecular complexity index is 1450. The van der Waals surface area contributed by atoms with Crippen LogP contribution in [-0.2, 0) is 7.05 Å². The Kier molecular flexibility index (Phi) is 6.18. The fourth-order valence-electron chi connectivity index (χ4n) is 3.42. The van der Waals surface area contributed by atoms with Gasteiger partial charge in [-0.1, -0.05) is 36.4 Å². The van der Waals surface area contributed by atoms with Gasteiger partial charge in [0, 0.05) is 19.3 Å². The molecule has 0 aliphatic rings. The van der Waals surface area contributed by atoms with Crippen LogP contribution < -0.4 is 10.3 Å². The Hall–Kier alpha value is -4.79. The van der Waals surface area contributed by atoms with E-state index in [0.29, 0.717) is 16.9 Å². The summed E-state index contributed by atoms with van der Waals surface area (Å²) in [5.74, 6) is -0.884. The predicted molar refractivity (Wildman–Crippen MR) is 127 cm³/mol. The second-order valence-corrected chi connectivity index (χ2v) is 7.41. The lowest BCUT2D eigenvalue weighted by Gasteiger charge is -2.07. The van der Waals surface area contributed by atoms with E-state index in [-0.39, 0.29) is 28.2 Å². The van der Waals surface area contributed by atoms with Gasteiger partial charge in [0.15, 0.2) is 5.69 Å². The number of hydrogen-bond donors (Lipinski definition) is 0. The van der Waals surface area contributed by atoms with E-state index < -0.39 is 10.9 Å². The molecular formula is C25H20N4O5. The summed E-state index contributed by atoms with van der Waals surface area (Å²) in [4.78, 5) is 40.5. The van der Waals surface area contributed by atoms with E-state index in [4.69, 9.17) is 4.74 Å². The van der Waals surface area contributed by atoms with Gasteiger partial charge in [-0.25, -0.2) is 14.5 Å². The molecule has 1 heterocycles. The van der Waals surface area contributed by atoms with Crippen molar-refractivity contribution in [2.45, 2.75) is 6.92 Å². The first-order chi connectivity index (χ1) is 16.4. The molecule has 0 saturated heterocycles. The largest absolute Gasteiger partial charge is 0.416 e. The number of aromatic nitrogens is 2. The van der Waals surface area contributed by atoms with Crippen molar-refractivity contribution in [3.63, 3.8) is 0 Å². The fraction of sp³-hybridized carbons (Fsp3) is 0.0800. The van der Waals surface area contributed by atoms with Crippen LogP contribution >= 0.6 is 0 Å². The summed E-state index contributed by atoms with van der Waals surface area (Å²) in [5.41, 5.74) is 1.49. The van der Waals surface area contributed by atoms with Crippen LogP contribution in [0.5, 0.6) is 5.75 Å². The van der Waals surface area contributed by atoms with Gasteiger partial charge in [0.2, 0.25) is 5.75 Å². The van der Waals surface area contributed by atoms with Gasteiger partial charge < -0.3 is 4.74 Å². The summed E-state index contributed by atoms with van der Waals surface area (Å²) in [5, 5.41) is 11.6. The fourth-order valence-corrected chi connectivity index (χ4v) is 3.42. The van der Waals surface area contributed by atoms with Gasteiger partial charge in [0.1, 0.15) is 0 Å². The van der Waals surface area contributed by atoms with Crippen LogP contribution in [0.25, 0.3) is 5.69 Å². The minimum absolute atomic E-state index is 0.182. The zero-order chi connectivity index (χ0) is 24.2. The van der Waals surface area contributed by atoms with Crippen LogP contribution in [0.4, 0.5) is 11.4 Å². The number of nitrogens with zero attached hydrogens (tertiary/aromatic N) is 4. The molecule has 9 heteroatoms. The van der Waals surface area contributed by atoms with Crippen molar-refractivity contribution >= 4 is 23.6 Å². The van der Waals surface area contributed by atoms with E-state index in [1.807, 2.05) is 30.3 Å². The monoisotopic (exact) mass is 456 g/mol. The quantitative estimate of drug-likeness (QED) is 0.141. The maximum atomic E-state index is 13.0. The molecule has 0 aliphatic carbocycles. The third-order valence-electron chi connectivity index (χ3n) is 5.26. The molecule has 0 N–H and O–H groups in total. The van der Waals surface area contributed by atoms with Gasteiger partial charge in [0.05, 0.1) is 21.9 Å². The maximum absolute atomic E-state index is 13.0. The summed E-state index contributed by atoms with van der Waals surface area (Å²) in [6.45, 7) is 1.77. The molecule has 0 aliphatic heterocycles. The molecular weight excluding hydrogens is 436 g/mol. The van der Waals surface area contributed by atoms with Crippen LogP contribution in [0, 0.1) is 17.0 Å². The first kappa shape index (κ1) is 22.4. The molecule has 0 amide bonds. The van der Waals surface area contributed by atoms with Crippen LogP contribution in [-0.4, -0.2) is 26.5 Å². The van der Waals surface area contributed by atoms with Crippen molar-refractivity contribution in [1.82, 2.24) is 9.36 Å². The predicted octanol–water partition coefficient (Wildman–Crippen LogP) is 4.36. The molecule has 0 radical (unpaired) electrons. The molecule has 170 valence electrons. The van der Waals surface area contributed by atoms with Crippen LogP contribution in [0.2, 0.25) is 0 Å². The normalized spacial score (nSPS) is 11.0. The SMILES string of the molecule is Cc1c(N=Cc2ccc(OC(=O)c3ccccc3)c([N+](=O)[O-])c2)c(=O)n(-c2ccccc2)n1C. The summed E-state index contributed by atoms with van der Waals surface area (Å²) in [7, 11) is 1.75. The number of esters is 1. The number of nitro benzene ring substituents is 1. The zero-order valence-electron chi connectivity index (χ0n) is 18.4. The number of hydrogen-bond acceptors (Lipinski definition) is 6. The molecule has 0 fully saturated rings. The number of carbonyl (C=O) groups excluding carboxylic acids is 1. The summed E-state index contributed by atoms with van der Waals surface area (Å²) < 4.78 is 8.43. The van der Waals surface area contributed by atoms with Gasteiger partial charge in [-0.05, 0) is 48.9 Å². The molecule has 0 unspecified atom stereocenters. The van der Waals surface area contributed by atoms with E-state index in [2.05, 4.69) is 4.99 Å². The van der Waals surface area contributed by atoms with Gasteiger partial charge in [-0.15, -0.1) is 0 Å². The molecule has 0 spiro atoms. The van der Waals surface area contributed by atoms with E-state index in [1.54, 1.807) is 49.0 Å². The maximum Gasteiger partial charge on any atom is 0.343 e. The first-order valence-corrected chi connectivity index (χ1v) is 10.3. The first-order valence-electron chi connectivity index (χ1n) is 10.3. The average Bonchev–Trinajstić information content (AvgIpc) is 3.06. The lowest BCUT2D eigenvalue weighted by molar-refractivity contribution is -0.385. The molecule has 1 aromatic heterocycles. The molecule has 4 rings (SSSR count). The van der Waals surface area contributed by atoms with Crippen molar-refractivity contribution in [2.24, 2.45) is 12.0 Å². The molecule has 9 nitrogen and oxygen atoms in total. The molecule has 3 aromatic carbocycles. The van der Waals surface area contributed by atoms with E-state index >= 15 is 0 Å². The highest BCUT2D eigenvalue weighted by Gasteiger charge is 2.20. The Morgan fingerprint density at radius 1 is 1.03 bits per heavy atom. The average molecular weight is 456 g/mol. The minimum Gasteiger partial charge on any atom is -0.416 e. The lowest BCUT2D eigenvalue weighted by Crippen LogP contribution is -2.19. The minimum atomic E-state index is -0.702. The number of ether oxygens (including phenoxy) is 1. The number of carbonyl (C=O) groups is 1. The van der Waals surface area contributed by atoms with Crippen molar-refractivity contribution in [1.29, 1.82) is 0 Å². The third kappa shape index (κ3) is 4.40. The second kappa shape index (κ2) is 9.37. The van der Waals surface area contributed by atoms with Crippen LogP contribution in [0.15, 0.2) is 88.6 Å². The topological polar surface area (TPSA) is 109 Å². The second-order valence-electron chi connectivity index (χ2n) is 7.41. The number of rotatable bonds is 6. The molecule has 0 bridgehead atoms. The zero-order valence-corrected chi connectivity index (χ0v) is 18.4. The molecule has 34 heavy (non-hydrogen) atoms. The number of nitro groups is 1. The standard InChI is InChI=1S/C25H20N4O5/c1-17-23(24(30)28(27(17)2)20-11-7-4-8-12-20)26-16-18-13-14-22(21(15-18)29(32)33)34-25(31)19-9-5-3-6-10-19/h3-16H,1-2H3. The lowest BCUT2D eigenvalue weighted by atomic mass is 10.2. The Labute approximate surface area is 194 Å². The molecule has 0 atom stereocenters. The van der Waals surface area contributed by atoms with Crippen molar-refractivity contribution in [2.75, 3.05) is 0 Å². The van der Waals surface area contributed by atoms with Crippen molar-refractivity contribution < 1.29 is 14.5 Å². The van der Waals surface area contributed by atoms with Gasteiger partial charge in [0.25, 0.3) is 5.56 Å². The number of para-hydroxylation sites is 1. The Balaban J connectivity index is 1.65. The smallest absolute Gasteiger partial charge is 0.343 e. The van der Waals surface area contributed by atoms with E-state index in [9.17, 15) is 19.7 Å². The highest BCUT2D eigenvalue weighted by molar-refractivity contribution is 5.92. The summed E-state index contributed by atoms with van der Waals surface area (Å²) in [6.07, 6.45) is 1.37. The summed E-state index contributed by atoms with van der Waals surface area (Å²) in [6, 6.07) is 21.4. The number of benzene rings is 3. The van der Waals surface area contributed by atoms with Gasteiger partial charge in [-0.2, -0.15) is 0 Å². The summed E-state index contributed by atoms with van der Waals surface area (Å²) >= 11 is 0. The Morgan fingerprint density at radius 3 is 2.32 bits per heavy atom. The Morgan fingerprint density at radius 2 is 1.68 bits per heavy atom. The number of aliphatic imine (C=N–C) groups is 1. The highest BCUT2D eigenvalue weighted by atomic mass is 16.6. The molecule has 4 aromatic rings. The van der Waals surface area contributed by atoms with Crippen molar-refractivity contribution in [3.05, 3.63) is 116 Å². The van der Waals surface area contributed by atoms with Gasteiger partial charge in [-0.3, -0.25) is 19.6 Å². The van der Waals surface area contributed by atoms with E-state index in [1.165, 1.54) is 29.1 Å². The van der Waals surface area contributed by atoms with E-state index in [0.717, 1.165) is 0 Å². The van der Waals surface area contributed by atoms with Crippen LogP contribution in [0.3, 0.4) is 0 Å². The third-order valence-corrected chi connectivity index (χ3v) is 5.26. The highest BCUT2D eigenvalue weighted by Crippen LogP contribution is 2.28.